The minimum atomic E-state index is -0.443. The second-order valence-electron chi connectivity index (χ2n) is 9.29. The van der Waals surface area contributed by atoms with E-state index >= 15 is 0 Å². The number of nitrogens with zero attached hydrogens (tertiary/aromatic N) is 2. The largest absolute Gasteiger partial charge is 0.446 e. The molecule has 2 N–H and O–H groups in total. The van der Waals surface area contributed by atoms with E-state index < -0.39 is 6.09 Å². The molecule has 3 aromatic rings. The van der Waals surface area contributed by atoms with Gasteiger partial charge in [0.1, 0.15) is 6.10 Å². The molecule has 1 heterocycles. The Morgan fingerprint density at radius 2 is 1.71 bits per heavy atom. The molecule has 3 aromatic carbocycles. The van der Waals surface area contributed by atoms with Crippen molar-refractivity contribution in [2.75, 3.05) is 38.5 Å². The summed E-state index contributed by atoms with van der Waals surface area (Å²) >= 11 is 6.86. The maximum Gasteiger partial charge on any atom is 0.411 e. The zero-order valence-corrected chi connectivity index (χ0v) is 24.4. The topological polar surface area (TPSA) is 82.1 Å². The van der Waals surface area contributed by atoms with Crippen molar-refractivity contribution in [1.29, 1.82) is 0 Å². The molecular weight excluding hydrogens is 614 g/mol. The third-order valence-corrected chi connectivity index (χ3v) is 8.09. The van der Waals surface area contributed by atoms with Crippen LogP contribution in [0.4, 0.5) is 10.5 Å². The number of piperidine rings is 1. The number of carbonyl (C=O) groups excluding carboxylic acids is 2. The highest BCUT2D eigenvalue weighted by Gasteiger charge is 2.24. The van der Waals surface area contributed by atoms with Gasteiger partial charge in [-0.25, -0.2) is 4.79 Å². The quantitative estimate of drug-likeness (QED) is 0.307. The molecule has 0 unspecified atom stereocenters. The lowest BCUT2D eigenvalue weighted by Gasteiger charge is -2.32. The maximum absolute atomic E-state index is 13.0. The lowest BCUT2D eigenvalue weighted by atomic mass is 10.0. The summed E-state index contributed by atoms with van der Waals surface area (Å²) in [5, 5.41) is 12.3. The van der Waals surface area contributed by atoms with Crippen LogP contribution in [0, 0.1) is 0 Å². The molecule has 1 aliphatic rings. The normalized spacial score (nSPS) is 14.2. The Balaban J connectivity index is 1.23. The number of aliphatic hydroxyl groups excluding tert-OH is 1. The van der Waals surface area contributed by atoms with Crippen molar-refractivity contribution in [3.05, 3.63) is 86.8 Å². The average molecular weight is 645 g/mol. The molecule has 1 aliphatic heterocycles. The second kappa shape index (κ2) is 13.4. The number of aliphatic hydroxyl groups is 1. The summed E-state index contributed by atoms with van der Waals surface area (Å²) in [5.74, 6) is -0.0901. The molecule has 0 bridgehead atoms. The van der Waals surface area contributed by atoms with Crippen LogP contribution in [-0.2, 0) is 11.3 Å². The van der Waals surface area contributed by atoms with Crippen molar-refractivity contribution in [1.82, 2.24) is 9.80 Å². The van der Waals surface area contributed by atoms with Gasteiger partial charge in [0.2, 0.25) is 0 Å². The van der Waals surface area contributed by atoms with Gasteiger partial charge in [0, 0.05) is 47.7 Å². The van der Waals surface area contributed by atoms with Crippen LogP contribution in [0.15, 0.2) is 75.7 Å². The smallest absolute Gasteiger partial charge is 0.411 e. The van der Waals surface area contributed by atoms with E-state index in [1.807, 2.05) is 54.6 Å². The van der Waals surface area contributed by atoms with E-state index in [1.54, 1.807) is 24.1 Å². The summed E-state index contributed by atoms with van der Waals surface area (Å²) in [6.07, 6.45) is 0.896. The zero-order valence-electron chi connectivity index (χ0n) is 21.2. The van der Waals surface area contributed by atoms with Crippen LogP contribution in [0.3, 0.4) is 0 Å². The summed E-state index contributed by atoms with van der Waals surface area (Å²) in [5.41, 5.74) is 3.96. The number of anilines is 1. The number of halogens is 2. The van der Waals surface area contributed by atoms with Crippen molar-refractivity contribution in [2.45, 2.75) is 25.6 Å². The van der Waals surface area contributed by atoms with Crippen molar-refractivity contribution >= 4 is 49.5 Å². The second-order valence-corrected chi connectivity index (χ2v) is 11.0. The Morgan fingerprint density at radius 3 is 2.42 bits per heavy atom. The third-order valence-electron chi connectivity index (χ3n) is 6.69. The molecule has 0 aromatic heterocycles. The van der Waals surface area contributed by atoms with Crippen LogP contribution in [-0.4, -0.2) is 66.2 Å². The fourth-order valence-electron chi connectivity index (χ4n) is 4.47. The Morgan fingerprint density at radius 1 is 1.03 bits per heavy atom. The molecule has 9 heteroatoms. The Bertz CT molecular complexity index is 1260. The molecule has 0 aliphatic carbocycles. The number of amides is 2. The fraction of sp³-hybridized carbons (Fsp3) is 0.310. The third kappa shape index (κ3) is 7.22. The summed E-state index contributed by atoms with van der Waals surface area (Å²) < 4.78 is 7.09. The van der Waals surface area contributed by atoms with E-state index in [9.17, 15) is 14.7 Å². The molecule has 0 atom stereocenters. The molecule has 1 saturated heterocycles. The first-order valence-corrected chi connectivity index (χ1v) is 14.1. The van der Waals surface area contributed by atoms with Gasteiger partial charge in [-0.15, -0.1) is 0 Å². The SMILES string of the molecule is CN(CCN1CCC(OC(=O)Nc2ccccc2-c2ccccc2)CC1)C(=O)c1cc(Br)c(CO)cc1Br. The summed E-state index contributed by atoms with van der Waals surface area (Å²) in [6, 6.07) is 21.1. The Labute approximate surface area is 240 Å². The summed E-state index contributed by atoms with van der Waals surface area (Å²) in [6.45, 7) is 2.79. The fourth-order valence-corrected chi connectivity index (χ4v) is 5.50. The predicted molar refractivity (Wildman–Crippen MR) is 156 cm³/mol. The number of ether oxygens (including phenoxy) is 1. The van der Waals surface area contributed by atoms with E-state index in [0.717, 1.165) is 54.9 Å². The highest BCUT2D eigenvalue weighted by atomic mass is 79.9. The number of likely N-dealkylation sites (tertiary alicyclic amines) is 1. The first-order valence-electron chi connectivity index (χ1n) is 12.5. The number of hydrogen-bond acceptors (Lipinski definition) is 5. The zero-order chi connectivity index (χ0) is 27.1. The number of likely N-dealkylation sites (N-methyl/N-ethyl adjacent to an activating group) is 1. The first-order chi connectivity index (χ1) is 18.4. The van der Waals surface area contributed by atoms with E-state index in [2.05, 4.69) is 42.1 Å². The van der Waals surface area contributed by atoms with Crippen molar-refractivity contribution in [2.24, 2.45) is 0 Å². The van der Waals surface area contributed by atoms with Crippen LogP contribution in [0.25, 0.3) is 11.1 Å². The number of para-hydroxylation sites is 1. The lowest BCUT2D eigenvalue weighted by molar-refractivity contribution is 0.0540. The highest BCUT2D eigenvalue weighted by Crippen LogP contribution is 2.29. The Kier molecular flexibility index (Phi) is 9.96. The van der Waals surface area contributed by atoms with E-state index in [-0.39, 0.29) is 18.6 Å². The van der Waals surface area contributed by atoms with Crippen LogP contribution in [0.5, 0.6) is 0 Å². The number of nitrogens with one attached hydrogen (secondary N) is 1. The van der Waals surface area contributed by atoms with Crippen molar-refractivity contribution in [3.8, 4) is 11.1 Å². The van der Waals surface area contributed by atoms with Gasteiger partial charge in [0.05, 0.1) is 17.9 Å². The number of carbonyl (C=O) groups is 2. The van der Waals surface area contributed by atoms with Crippen LogP contribution in [0.1, 0.15) is 28.8 Å². The van der Waals surface area contributed by atoms with Gasteiger partial charge in [-0.1, -0.05) is 64.5 Å². The van der Waals surface area contributed by atoms with Crippen LogP contribution in [0.2, 0.25) is 0 Å². The standard InChI is InChI=1S/C29H31Br2N3O4/c1-33(28(36)24-18-25(30)21(19-35)17-26(24)31)15-16-34-13-11-22(12-14-34)38-29(37)32-27-10-6-5-9-23(27)20-7-3-2-4-8-20/h2-10,17-18,22,35H,11-16,19H2,1H3,(H,32,37). The molecule has 2 amide bonds. The van der Waals surface area contributed by atoms with Gasteiger partial charge < -0.3 is 19.6 Å². The van der Waals surface area contributed by atoms with E-state index in [1.165, 1.54) is 0 Å². The molecule has 0 saturated carbocycles. The predicted octanol–water partition coefficient (Wildman–Crippen LogP) is 6.16. The number of rotatable bonds is 8. The van der Waals surface area contributed by atoms with E-state index in [0.29, 0.717) is 21.1 Å². The molecule has 0 radical (unpaired) electrons. The molecule has 38 heavy (non-hydrogen) atoms. The maximum atomic E-state index is 13.0. The first kappa shape index (κ1) is 28.3. The summed E-state index contributed by atoms with van der Waals surface area (Å²) in [7, 11) is 1.79. The molecular formula is C29H31Br2N3O4. The summed E-state index contributed by atoms with van der Waals surface area (Å²) in [4.78, 5) is 29.6. The molecule has 1 fully saturated rings. The Hall–Kier alpha value is -2.72. The minimum absolute atomic E-state index is 0.0901. The average Bonchev–Trinajstić information content (AvgIpc) is 2.93. The highest BCUT2D eigenvalue weighted by molar-refractivity contribution is 9.11. The molecule has 0 spiro atoms. The molecule has 200 valence electrons. The van der Waals surface area contributed by atoms with Gasteiger partial charge in [-0.05, 0) is 58.1 Å². The van der Waals surface area contributed by atoms with Crippen LogP contribution < -0.4 is 5.32 Å². The minimum Gasteiger partial charge on any atom is -0.446 e. The van der Waals surface area contributed by atoms with Gasteiger partial charge in [-0.3, -0.25) is 10.1 Å². The van der Waals surface area contributed by atoms with Gasteiger partial charge in [0.25, 0.3) is 5.91 Å². The molecule has 7 nitrogen and oxygen atoms in total. The van der Waals surface area contributed by atoms with Crippen molar-refractivity contribution < 1.29 is 19.4 Å². The van der Waals surface area contributed by atoms with E-state index in [4.69, 9.17) is 4.74 Å². The van der Waals surface area contributed by atoms with Gasteiger partial charge >= 0.3 is 6.09 Å². The van der Waals surface area contributed by atoms with Crippen LogP contribution >= 0.6 is 31.9 Å². The number of benzene rings is 3. The van der Waals surface area contributed by atoms with Gasteiger partial charge in [0.15, 0.2) is 0 Å². The molecule has 4 rings (SSSR count). The van der Waals surface area contributed by atoms with Gasteiger partial charge in [-0.2, -0.15) is 0 Å². The van der Waals surface area contributed by atoms with Crippen molar-refractivity contribution in [3.63, 3.8) is 0 Å². The number of hydrogen-bond donors (Lipinski definition) is 2. The lowest BCUT2D eigenvalue weighted by Crippen LogP contribution is -2.42. The monoisotopic (exact) mass is 643 g/mol.